The molecule has 21 heavy (non-hydrogen) atoms. The van der Waals surface area contributed by atoms with Gasteiger partial charge in [-0.3, -0.25) is 9.59 Å². The molecule has 3 N–H and O–H groups in total. The Balaban J connectivity index is 2.12. The Hall–Kier alpha value is -1.95. The van der Waals surface area contributed by atoms with E-state index in [0.717, 1.165) is 13.1 Å². The van der Waals surface area contributed by atoms with Crippen LogP contribution < -0.4 is 16.0 Å². The molecule has 0 fully saturated rings. The Morgan fingerprint density at radius 1 is 1.05 bits per heavy atom. The Morgan fingerprint density at radius 3 is 2.43 bits per heavy atom. The number of nitrogens with one attached hydrogen (secondary N) is 3. The summed E-state index contributed by atoms with van der Waals surface area (Å²) in [5.74, 6) is -0.660. The zero-order chi connectivity index (χ0) is 15.5. The Morgan fingerprint density at radius 2 is 1.76 bits per heavy atom. The predicted octanol–water partition coefficient (Wildman–Crippen LogP) is 1.06. The molecule has 0 saturated heterocycles. The zero-order valence-electron chi connectivity index (χ0n) is 12.2. The van der Waals surface area contributed by atoms with Gasteiger partial charge in [-0.05, 0) is 37.2 Å². The number of halogens is 1. The minimum atomic E-state index is -0.374. The number of carbonyl (C=O) groups is 2. The highest BCUT2D eigenvalue weighted by Gasteiger charge is 2.05. The lowest BCUT2D eigenvalue weighted by Gasteiger charge is -2.07. The second-order valence-electron chi connectivity index (χ2n) is 4.57. The molecular weight excluding hydrogens is 273 g/mol. The van der Waals surface area contributed by atoms with Crippen LogP contribution >= 0.6 is 0 Å². The molecule has 5 nitrogen and oxygen atoms in total. The van der Waals surface area contributed by atoms with Gasteiger partial charge in [-0.1, -0.05) is 6.92 Å². The molecule has 1 aromatic rings. The van der Waals surface area contributed by atoms with Crippen molar-refractivity contribution in [1.82, 2.24) is 16.0 Å². The van der Waals surface area contributed by atoms with E-state index in [4.69, 9.17) is 0 Å². The summed E-state index contributed by atoms with van der Waals surface area (Å²) in [6, 6.07) is 5.34. The largest absolute Gasteiger partial charge is 0.355 e. The standard InChI is InChI=1S/C15H22FN3O2/c1-2-17-10-11-18-14(20)4-3-9-19-15(21)12-5-7-13(16)8-6-12/h5-8,17H,2-4,9-11H2,1H3,(H,18,20)(H,19,21). The SMILES string of the molecule is CCNCCNC(=O)CCCNC(=O)c1ccc(F)cc1. The summed E-state index contributed by atoms with van der Waals surface area (Å²) in [7, 11) is 0. The minimum absolute atomic E-state index is 0.0241. The summed E-state index contributed by atoms with van der Waals surface area (Å²) in [5, 5.41) is 8.59. The lowest BCUT2D eigenvalue weighted by Crippen LogP contribution is -2.32. The van der Waals surface area contributed by atoms with Crippen molar-refractivity contribution in [3.05, 3.63) is 35.6 Å². The molecule has 0 saturated carbocycles. The van der Waals surface area contributed by atoms with E-state index in [-0.39, 0.29) is 17.6 Å². The molecule has 0 aliphatic carbocycles. The zero-order valence-corrected chi connectivity index (χ0v) is 12.2. The fourth-order valence-corrected chi connectivity index (χ4v) is 1.71. The molecule has 1 rings (SSSR count). The van der Waals surface area contributed by atoms with E-state index in [2.05, 4.69) is 16.0 Å². The van der Waals surface area contributed by atoms with Gasteiger partial charge in [-0.15, -0.1) is 0 Å². The third kappa shape index (κ3) is 7.41. The van der Waals surface area contributed by atoms with E-state index in [1.54, 1.807) is 0 Å². The van der Waals surface area contributed by atoms with Crippen molar-refractivity contribution in [3.8, 4) is 0 Å². The maximum atomic E-state index is 12.7. The van der Waals surface area contributed by atoms with Gasteiger partial charge in [0.05, 0.1) is 0 Å². The monoisotopic (exact) mass is 295 g/mol. The van der Waals surface area contributed by atoms with Crippen LogP contribution in [0.5, 0.6) is 0 Å². The molecule has 0 aromatic heterocycles. The third-order valence-corrected chi connectivity index (χ3v) is 2.85. The topological polar surface area (TPSA) is 70.2 Å². The number of carbonyl (C=O) groups excluding carboxylic acids is 2. The fraction of sp³-hybridized carbons (Fsp3) is 0.467. The van der Waals surface area contributed by atoms with Crippen LogP contribution in [0.25, 0.3) is 0 Å². The van der Waals surface area contributed by atoms with Gasteiger partial charge >= 0.3 is 0 Å². The molecule has 116 valence electrons. The molecule has 6 heteroatoms. The highest BCUT2D eigenvalue weighted by Crippen LogP contribution is 2.02. The molecular formula is C15H22FN3O2. The molecule has 0 unspecified atom stereocenters. The highest BCUT2D eigenvalue weighted by atomic mass is 19.1. The number of amides is 2. The average Bonchev–Trinajstić information content (AvgIpc) is 2.48. The van der Waals surface area contributed by atoms with Crippen molar-refractivity contribution in [2.45, 2.75) is 19.8 Å². The van der Waals surface area contributed by atoms with Crippen molar-refractivity contribution in [2.75, 3.05) is 26.2 Å². The summed E-state index contributed by atoms with van der Waals surface area (Å²) >= 11 is 0. The molecule has 2 amide bonds. The van der Waals surface area contributed by atoms with Crippen LogP contribution in [0, 0.1) is 5.82 Å². The minimum Gasteiger partial charge on any atom is -0.355 e. The maximum Gasteiger partial charge on any atom is 0.251 e. The van der Waals surface area contributed by atoms with Crippen LogP contribution in [-0.2, 0) is 4.79 Å². The van der Waals surface area contributed by atoms with Crippen LogP contribution in [0.15, 0.2) is 24.3 Å². The van der Waals surface area contributed by atoms with Gasteiger partial charge in [0, 0.05) is 31.6 Å². The molecule has 0 aliphatic rings. The molecule has 1 aromatic carbocycles. The number of likely N-dealkylation sites (N-methyl/N-ethyl adjacent to an activating group) is 1. The quantitative estimate of drug-likeness (QED) is 0.597. The van der Waals surface area contributed by atoms with Gasteiger partial charge in [0.2, 0.25) is 5.91 Å². The van der Waals surface area contributed by atoms with Gasteiger partial charge in [0.1, 0.15) is 5.82 Å². The lowest BCUT2D eigenvalue weighted by atomic mass is 10.2. The lowest BCUT2D eigenvalue weighted by molar-refractivity contribution is -0.121. The average molecular weight is 295 g/mol. The van der Waals surface area contributed by atoms with Crippen molar-refractivity contribution < 1.29 is 14.0 Å². The second-order valence-corrected chi connectivity index (χ2v) is 4.57. The molecule has 0 aliphatic heterocycles. The van der Waals surface area contributed by atoms with Gasteiger partial charge < -0.3 is 16.0 Å². The Kier molecular flexibility index (Phi) is 8.04. The van der Waals surface area contributed by atoms with E-state index in [9.17, 15) is 14.0 Å². The molecule has 0 bridgehead atoms. The van der Waals surface area contributed by atoms with Crippen LogP contribution in [0.4, 0.5) is 4.39 Å². The van der Waals surface area contributed by atoms with Crippen LogP contribution in [0.1, 0.15) is 30.1 Å². The second kappa shape index (κ2) is 9.88. The first-order valence-electron chi connectivity index (χ1n) is 7.14. The smallest absolute Gasteiger partial charge is 0.251 e. The van der Waals surface area contributed by atoms with Gasteiger partial charge in [-0.2, -0.15) is 0 Å². The first-order valence-corrected chi connectivity index (χ1v) is 7.14. The van der Waals surface area contributed by atoms with Crippen LogP contribution in [0.2, 0.25) is 0 Å². The number of rotatable bonds is 9. The van der Waals surface area contributed by atoms with E-state index in [0.29, 0.717) is 31.5 Å². The normalized spacial score (nSPS) is 10.2. The number of hydrogen-bond donors (Lipinski definition) is 3. The first kappa shape index (κ1) is 17.1. The maximum absolute atomic E-state index is 12.7. The van der Waals surface area contributed by atoms with Crippen molar-refractivity contribution in [3.63, 3.8) is 0 Å². The number of hydrogen-bond acceptors (Lipinski definition) is 3. The van der Waals surface area contributed by atoms with E-state index < -0.39 is 0 Å². The molecule has 0 spiro atoms. The van der Waals surface area contributed by atoms with E-state index in [1.165, 1.54) is 24.3 Å². The van der Waals surface area contributed by atoms with Gasteiger partial charge in [0.15, 0.2) is 0 Å². The third-order valence-electron chi connectivity index (χ3n) is 2.85. The van der Waals surface area contributed by atoms with Crippen molar-refractivity contribution in [1.29, 1.82) is 0 Å². The number of benzene rings is 1. The molecule has 0 atom stereocenters. The Bertz CT molecular complexity index is 449. The fourth-order valence-electron chi connectivity index (χ4n) is 1.71. The Labute approximate surface area is 124 Å². The molecule has 0 radical (unpaired) electrons. The predicted molar refractivity (Wildman–Crippen MR) is 79.5 cm³/mol. The molecule has 0 heterocycles. The summed E-state index contributed by atoms with van der Waals surface area (Å²) in [6.07, 6.45) is 0.940. The highest BCUT2D eigenvalue weighted by molar-refractivity contribution is 5.94. The van der Waals surface area contributed by atoms with E-state index in [1.807, 2.05) is 6.92 Å². The van der Waals surface area contributed by atoms with Gasteiger partial charge in [-0.25, -0.2) is 4.39 Å². The van der Waals surface area contributed by atoms with Crippen molar-refractivity contribution >= 4 is 11.8 Å². The van der Waals surface area contributed by atoms with E-state index >= 15 is 0 Å². The van der Waals surface area contributed by atoms with Gasteiger partial charge in [0.25, 0.3) is 5.91 Å². The summed E-state index contributed by atoms with van der Waals surface area (Å²) < 4.78 is 12.7. The summed E-state index contributed by atoms with van der Waals surface area (Å²) in [4.78, 5) is 23.2. The van der Waals surface area contributed by atoms with Crippen molar-refractivity contribution in [2.24, 2.45) is 0 Å². The van der Waals surface area contributed by atoms with Crippen LogP contribution in [-0.4, -0.2) is 38.0 Å². The summed E-state index contributed by atoms with van der Waals surface area (Å²) in [6.45, 7) is 4.66. The summed E-state index contributed by atoms with van der Waals surface area (Å²) in [5.41, 5.74) is 0.409. The van der Waals surface area contributed by atoms with Crippen LogP contribution in [0.3, 0.4) is 0 Å². The first-order chi connectivity index (χ1) is 10.1.